The van der Waals surface area contributed by atoms with Gasteiger partial charge in [-0.2, -0.15) is 0 Å². The van der Waals surface area contributed by atoms with E-state index in [0.717, 1.165) is 61.1 Å². The zero-order valence-corrected chi connectivity index (χ0v) is 23.1. The van der Waals surface area contributed by atoms with E-state index in [0.29, 0.717) is 0 Å². The van der Waals surface area contributed by atoms with Crippen LogP contribution in [-0.4, -0.2) is 21.1 Å². The maximum absolute atomic E-state index is 4.76. The van der Waals surface area contributed by atoms with Gasteiger partial charge in [0.25, 0.3) is 0 Å². The van der Waals surface area contributed by atoms with E-state index in [4.69, 9.17) is 10.2 Å². The van der Waals surface area contributed by atoms with E-state index >= 15 is 0 Å². The molecule has 6 nitrogen and oxygen atoms in total. The summed E-state index contributed by atoms with van der Waals surface area (Å²) in [6.45, 7) is 2.11. The summed E-state index contributed by atoms with van der Waals surface area (Å²) in [5.41, 5.74) is 6.61. The highest BCUT2D eigenvalue weighted by Gasteiger charge is 2.12. The smallest absolute Gasteiger partial charge is 0.0957 e. The van der Waals surface area contributed by atoms with E-state index in [1.54, 1.807) is 0 Å². The summed E-state index contributed by atoms with van der Waals surface area (Å²) in [4.78, 5) is 2.10. The Morgan fingerprint density at radius 1 is 0.500 bits per heavy atom. The normalized spacial score (nSPS) is 11.8. The minimum Gasteiger partial charge on any atom is -0.388 e. The van der Waals surface area contributed by atoms with Gasteiger partial charge >= 0.3 is 0 Å². The fraction of sp³-hybridized carbons (Fsp3) is 0.118. The number of benzene rings is 6. The third-order valence-electron chi connectivity index (χ3n) is 7.28. The van der Waals surface area contributed by atoms with Crippen molar-refractivity contribution in [1.29, 1.82) is 0 Å². The highest BCUT2D eigenvalue weighted by Crippen LogP contribution is 2.40. The summed E-state index contributed by atoms with van der Waals surface area (Å²) in [6, 6.07) is 34.8. The van der Waals surface area contributed by atoms with Crippen LogP contribution in [-0.2, 0) is 0 Å². The molecule has 0 radical (unpaired) electrons. The Morgan fingerprint density at radius 2 is 0.975 bits per heavy atom. The number of anilines is 2. The first-order valence-electron chi connectivity index (χ1n) is 13.3. The van der Waals surface area contributed by atoms with Crippen molar-refractivity contribution in [2.24, 2.45) is 20.5 Å². The molecule has 0 amide bonds. The molecule has 0 unspecified atom stereocenters. The standard InChI is InChI=1S/C34H30N6/c1-22-16-17-29(24-11-6-5-10-23(22)24)36-37-30-19-20-31(26-13-8-7-12-25(26)30)38-39-32-21-18-28(35-2)27-14-9-15-33(34(27)32)40(3)4/h5-21,35H,1-4H3. The van der Waals surface area contributed by atoms with Crippen LogP contribution in [0, 0.1) is 6.92 Å². The highest BCUT2D eigenvalue weighted by atomic mass is 15.1. The Morgan fingerprint density at radius 3 is 1.55 bits per heavy atom. The molecule has 6 aromatic carbocycles. The molecule has 6 rings (SSSR count). The zero-order valence-electron chi connectivity index (χ0n) is 23.1. The van der Waals surface area contributed by atoms with Crippen LogP contribution in [0.5, 0.6) is 0 Å². The Hall–Kier alpha value is -5.10. The zero-order chi connectivity index (χ0) is 27.6. The van der Waals surface area contributed by atoms with Gasteiger partial charge in [0.1, 0.15) is 0 Å². The SMILES string of the molecule is CNc1ccc(N=Nc2ccc(N=Nc3ccc(C)c4ccccc34)c3ccccc23)c2c(N(C)C)cccc12. The van der Waals surface area contributed by atoms with Crippen LogP contribution in [0.3, 0.4) is 0 Å². The molecule has 0 aliphatic carbocycles. The predicted molar refractivity (Wildman–Crippen MR) is 169 cm³/mol. The van der Waals surface area contributed by atoms with Crippen molar-refractivity contribution in [2.45, 2.75) is 6.92 Å². The number of rotatable bonds is 6. The van der Waals surface area contributed by atoms with Gasteiger partial charge in [0.15, 0.2) is 0 Å². The van der Waals surface area contributed by atoms with Crippen LogP contribution in [0.2, 0.25) is 0 Å². The Bertz CT molecular complexity index is 1940. The molecule has 0 heterocycles. The Labute approximate surface area is 233 Å². The van der Waals surface area contributed by atoms with Gasteiger partial charge in [-0.15, -0.1) is 20.5 Å². The number of nitrogens with zero attached hydrogens (tertiary/aromatic N) is 5. The summed E-state index contributed by atoms with van der Waals surface area (Å²) in [5, 5.41) is 28.5. The second kappa shape index (κ2) is 10.6. The van der Waals surface area contributed by atoms with Crippen LogP contribution in [0.1, 0.15) is 5.56 Å². The number of aryl methyl sites for hydroxylation is 1. The van der Waals surface area contributed by atoms with Gasteiger partial charge in [-0.3, -0.25) is 0 Å². The maximum atomic E-state index is 4.76. The molecular weight excluding hydrogens is 492 g/mol. The predicted octanol–water partition coefficient (Wildman–Crippen LogP) is 10.4. The molecule has 196 valence electrons. The van der Waals surface area contributed by atoms with Crippen molar-refractivity contribution in [3.63, 3.8) is 0 Å². The minimum absolute atomic E-state index is 0.781. The van der Waals surface area contributed by atoms with Gasteiger partial charge in [0.2, 0.25) is 0 Å². The van der Waals surface area contributed by atoms with Crippen molar-refractivity contribution in [3.8, 4) is 0 Å². The fourth-order valence-electron chi connectivity index (χ4n) is 5.22. The maximum Gasteiger partial charge on any atom is 0.0957 e. The molecule has 0 spiro atoms. The average molecular weight is 523 g/mol. The highest BCUT2D eigenvalue weighted by molar-refractivity contribution is 6.08. The first-order chi connectivity index (χ1) is 19.5. The largest absolute Gasteiger partial charge is 0.388 e. The minimum atomic E-state index is 0.781. The van der Waals surface area contributed by atoms with Gasteiger partial charge in [0.05, 0.1) is 22.7 Å². The van der Waals surface area contributed by atoms with E-state index in [1.165, 1.54) is 10.9 Å². The molecular formula is C34H30N6. The lowest BCUT2D eigenvalue weighted by Gasteiger charge is -2.18. The van der Waals surface area contributed by atoms with E-state index in [-0.39, 0.29) is 0 Å². The molecule has 0 saturated carbocycles. The van der Waals surface area contributed by atoms with Crippen molar-refractivity contribution in [2.75, 3.05) is 31.4 Å². The van der Waals surface area contributed by atoms with E-state index < -0.39 is 0 Å². The van der Waals surface area contributed by atoms with Crippen molar-refractivity contribution in [1.82, 2.24) is 0 Å². The third-order valence-corrected chi connectivity index (χ3v) is 7.28. The van der Waals surface area contributed by atoms with Gasteiger partial charge in [-0.05, 0) is 54.3 Å². The number of hydrogen-bond donors (Lipinski definition) is 1. The van der Waals surface area contributed by atoms with Crippen molar-refractivity contribution < 1.29 is 0 Å². The molecule has 0 aliphatic rings. The summed E-state index contributed by atoms with van der Waals surface area (Å²) in [5.74, 6) is 0. The lowest BCUT2D eigenvalue weighted by Crippen LogP contribution is -2.09. The van der Waals surface area contributed by atoms with Gasteiger partial charge in [0, 0.05) is 59.4 Å². The van der Waals surface area contributed by atoms with Gasteiger partial charge in [-0.1, -0.05) is 66.7 Å². The Balaban J connectivity index is 1.42. The first kappa shape index (κ1) is 25.2. The van der Waals surface area contributed by atoms with Crippen molar-refractivity contribution in [3.05, 3.63) is 109 Å². The van der Waals surface area contributed by atoms with E-state index in [2.05, 4.69) is 82.0 Å². The van der Waals surface area contributed by atoms with E-state index in [1.807, 2.05) is 69.7 Å². The Kier molecular flexibility index (Phi) is 6.66. The number of fused-ring (bicyclic) bond motifs is 3. The molecule has 0 bridgehead atoms. The van der Waals surface area contributed by atoms with E-state index in [9.17, 15) is 0 Å². The molecule has 6 aromatic rings. The average Bonchev–Trinajstić information content (AvgIpc) is 2.99. The lowest BCUT2D eigenvalue weighted by atomic mass is 10.0. The lowest BCUT2D eigenvalue weighted by molar-refractivity contribution is 1.14. The monoisotopic (exact) mass is 522 g/mol. The molecule has 40 heavy (non-hydrogen) atoms. The molecule has 0 aliphatic heterocycles. The fourth-order valence-corrected chi connectivity index (χ4v) is 5.22. The number of nitrogens with one attached hydrogen (secondary N) is 1. The first-order valence-corrected chi connectivity index (χ1v) is 13.3. The molecule has 0 aromatic heterocycles. The second-order valence-electron chi connectivity index (χ2n) is 9.97. The van der Waals surface area contributed by atoms with Crippen LogP contribution in [0.4, 0.5) is 34.1 Å². The molecule has 1 N–H and O–H groups in total. The van der Waals surface area contributed by atoms with Crippen LogP contribution in [0.25, 0.3) is 32.3 Å². The van der Waals surface area contributed by atoms with Crippen LogP contribution in [0.15, 0.2) is 124 Å². The quantitative estimate of drug-likeness (QED) is 0.221. The van der Waals surface area contributed by atoms with Crippen LogP contribution < -0.4 is 10.2 Å². The second-order valence-corrected chi connectivity index (χ2v) is 9.97. The summed E-state index contributed by atoms with van der Waals surface area (Å²) in [6.07, 6.45) is 0. The topological polar surface area (TPSA) is 64.7 Å². The van der Waals surface area contributed by atoms with Gasteiger partial charge < -0.3 is 10.2 Å². The van der Waals surface area contributed by atoms with Crippen molar-refractivity contribution >= 4 is 66.4 Å². The number of azo groups is 2. The molecule has 6 heteroatoms. The summed E-state index contributed by atoms with van der Waals surface area (Å²) < 4.78 is 0. The summed E-state index contributed by atoms with van der Waals surface area (Å²) >= 11 is 0. The van der Waals surface area contributed by atoms with Gasteiger partial charge in [-0.25, -0.2) is 0 Å². The van der Waals surface area contributed by atoms with Crippen LogP contribution >= 0.6 is 0 Å². The molecule has 0 fully saturated rings. The number of hydrogen-bond acceptors (Lipinski definition) is 6. The summed E-state index contributed by atoms with van der Waals surface area (Å²) in [7, 11) is 6.02. The third kappa shape index (κ3) is 4.54. The molecule has 0 saturated heterocycles. The molecule has 0 atom stereocenters.